The monoisotopic (exact) mass is 312 g/mol. The predicted octanol–water partition coefficient (Wildman–Crippen LogP) is 3.59. The number of carbonyl (C=O) groups is 2. The van der Waals surface area contributed by atoms with E-state index in [4.69, 9.17) is 4.74 Å². The standard InChI is InChI=1S/C19H20O4/c1-2-23-19(22)17(15-11-7-4-8-12-15)13-16(18(20)21)14-9-5-3-6-10-14/h3-12,16-17H,2,13H2,1H3,(H,20,21)/t16-,17+/m1/s1. The summed E-state index contributed by atoms with van der Waals surface area (Å²) in [5.74, 6) is -2.69. The Morgan fingerprint density at radius 3 is 1.83 bits per heavy atom. The number of rotatable bonds is 7. The molecule has 1 N–H and O–H groups in total. The highest BCUT2D eigenvalue weighted by Crippen LogP contribution is 2.31. The fourth-order valence-corrected chi connectivity index (χ4v) is 2.60. The van der Waals surface area contributed by atoms with Gasteiger partial charge in [0.1, 0.15) is 0 Å². The van der Waals surface area contributed by atoms with Gasteiger partial charge < -0.3 is 9.84 Å². The largest absolute Gasteiger partial charge is 0.481 e. The number of carboxylic acids is 1. The summed E-state index contributed by atoms with van der Waals surface area (Å²) in [5, 5.41) is 9.58. The molecule has 0 bridgehead atoms. The summed E-state index contributed by atoms with van der Waals surface area (Å²) in [4.78, 5) is 24.0. The minimum atomic E-state index is -0.943. The van der Waals surface area contributed by atoms with Gasteiger partial charge in [0.15, 0.2) is 0 Å². The van der Waals surface area contributed by atoms with Crippen LogP contribution >= 0.6 is 0 Å². The number of benzene rings is 2. The Kier molecular flexibility index (Phi) is 5.92. The maximum absolute atomic E-state index is 12.3. The first-order valence-electron chi connectivity index (χ1n) is 7.62. The molecule has 4 heteroatoms. The van der Waals surface area contributed by atoms with Crippen LogP contribution in [0.15, 0.2) is 60.7 Å². The van der Waals surface area contributed by atoms with Crippen LogP contribution in [0.5, 0.6) is 0 Å². The van der Waals surface area contributed by atoms with Crippen molar-refractivity contribution in [2.45, 2.75) is 25.2 Å². The van der Waals surface area contributed by atoms with E-state index >= 15 is 0 Å². The second kappa shape index (κ2) is 8.13. The molecule has 0 saturated carbocycles. The van der Waals surface area contributed by atoms with Crippen LogP contribution in [0.1, 0.15) is 36.3 Å². The van der Waals surface area contributed by atoms with E-state index in [9.17, 15) is 14.7 Å². The van der Waals surface area contributed by atoms with Crippen LogP contribution in [0.3, 0.4) is 0 Å². The lowest BCUT2D eigenvalue weighted by Crippen LogP contribution is -2.22. The average molecular weight is 312 g/mol. The average Bonchev–Trinajstić information content (AvgIpc) is 2.57. The molecule has 2 rings (SSSR count). The minimum Gasteiger partial charge on any atom is -0.481 e. The van der Waals surface area contributed by atoms with Crippen LogP contribution in [0, 0.1) is 0 Å². The third-order valence-electron chi connectivity index (χ3n) is 3.74. The van der Waals surface area contributed by atoms with Gasteiger partial charge in [-0.3, -0.25) is 9.59 Å². The molecule has 0 aliphatic rings. The van der Waals surface area contributed by atoms with Crippen molar-refractivity contribution in [3.63, 3.8) is 0 Å². The highest BCUT2D eigenvalue weighted by atomic mass is 16.5. The van der Waals surface area contributed by atoms with Gasteiger partial charge in [-0.05, 0) is 24.5 Å². The van der Waals surface area contributed by atoms with E-state index in [0.717, 1.165) is 5.56 Å². The van der Waals surface area contributed by atoms with Crippen molar-refractivity contribution < 1.29 is 19.4 Å². The summed E-state index contributed by atoms with van der Waals surface area (Å²) >= 11 is 0. The van der Waals surface area contributed by atoms with Crippen LogP contribution in [0.2, 0.25) is 0 Å². The Labute approximate surface area is 135 Å². The first kappa shape index (κ1) is 16.7. The van der Waals surface area contributed by atoms with Crippen molar-refractivity contribution in [1.82, 2.24) is 0 Å². The minimum absolute atomic E-state index is 0.169. The third kappa shape index (κ3) is 4.42. The summed E-state index contributed by atoms with van der Waals surface area (Å²) in [7, 11) is 0. The Hall–Kier alpha value is -2.62. The maximum Gasteiger partial charge on any atom is 0.313 e. The molecule has 0 aliphatic heterocycles. The zero-order chi connectivity index (χ0) is 16.7. The van der Waals surface area contributed by atoms with E-state index < -0.39 is 17.8 Å². The van der Waals surface area contributed by atoms with Crippen molar-refractivity contribution in [2.75, 3.05) is 6.61 Å². The fraction of sp³-hybridized carbons (Fsp3) is 0.263. The number of carboxylic acid groups (broad SMARTS) is 1. The van der Waals surface area contributed by atoms with Gasteiger partial charge in [-0.1, -0.05) is 60.7 Å². The van der Waals surface area contributed by atoms with E-state index in [-0.39, 0.29) is 19.0 Å². The summed E-state index contributed by atoms with van der Waals surface area (Å²) in [5.41, 5.74) is 1.46. The molecule has 4 nitrogen and oxygen atoms in total. The topological polar surface area (TPSA) is 63.6 Å². The molecule has 2 atom stereocenters. The summed E-state index contributed by atoms with van der Waals surface area (Å²) in [6, 6.07) is 18.1. The summed E-state index contributed by atoms with van der Waals surface area (Å²) < 4.78 is 5.14. The summed E-state index contributed by atoms with van der Waals surface area (Å²) in [6.45, 7) is 2.01. The number of hydrogen-bond acceptors (Lipinski definition) is 3. The van der Waals surface area contributed by atoms with Crippen molar-refractivity contribution >= 4 is 11.9 Å². The lowest BCUT2D eigenvalue weighted by molar-refractivity contribution is -0.146. The molecule has 0 radical (unpaired) electrons. The number of ether oxygens (including phenoxy) is 1. The molecule has 0 aliphatic carbocycles. The predicted molar refractivity (Wildman–Crippen MR) is 87.3 cm³/mol. The summed E-state index contributed by atoms with van der Waals surface area (Å²) in [6.07, 6.45) is 0.169. The van der Waals surface area contributed by atoms with Gasteiger partial charge in [0.2, 0.25) is 0 Å². The first-order valence-corrected chi connectivity index (χ1v) is 7.62. The van der Waals surface area contributed by atoms with E-state index in [1.54, 1.807) is 31.2 Å². The highest BCUT2D eigenvalue weighted by Gasteiger charge is 2.30. The zero-order valence-corrected chi connectivity index (χ0v) is 13.0. The number of carbonyl (C=O) groups excluding carboxylic acids is 1. The van der Waals surface area contributed by atoms with Gasteiger partial charge in [-0.2, -0.15) is 0 Å². The molecule has 2 aromatic carbocycles. The van der Waals surface area contributed by atoms with Gasteiger partial charge in [-0.25, -0.2) is 0 Å². The van der Waals surface area contributed by atoms with Crippen LogP contribution < -0.4 is 0 Å². The van der Waals surface area contributed by atoms with Crippen molar-refractivity contribution in [3.8, 4) is 0 Å². The molecule has 0 aromatic heterocycles. The van der Waals surface area contributed by atoms with E-state index in [0.29, 0.717) is 5.56 Å². The lowest BCUT2D eigenvalue weighted by atomic mass is 9.85. The molecule has 0 saturated heterocycles. The van der Waals surface area contributed by atoms with Crippen molar-refractivity contribution in [3.05, 3.63) is 71.8 Å². The van der Waals surface area contributed by atoms with E-state index in [2.05, 4.69) is 0 Å². The number of esters is 1. The molecular formula is C19H20O4. The SMILES string of the molecule is CCOC(=O)[C@@H](C[C@@H](C(=O)O)c1ccccc1)c1ccccc1. The normalized spacial score (nSPS) is 13.1. The molecule has 0 amide bonds. The Morgan fingerprint density at radius 1 is 0.913 bits per heavy atom. The van der Waals surface area contributed by atoms with Crippen LogP contribution in [-0.2, 0) is 14.3 Å². The maximum atomic E-state index is 12.3. The lowest BCUT2D eigenvalue weighted by Gasteiger charge is -2.20. The molecule has 2 aromatic rings. The first-order chi connectivity index (χ1) is 11.1. The number of aliphatic carboxylic acids is 1. The second-order valence-corrected chi connectivity index (χ2v) is 5.25. The van der Waals surface area contributed by atoms with Crippen LogP contribution in [0.4, 0.5) is 0 Å². The quantitative estimate of drug-likeness (QED) is 0.794. The molecule has 0 heterocycles. The third-order valence-corrected chi connectivity index (χ3v) is 3.74. The fourth-order valence-electron chi connectivity index (χ4n) is 2.60. The van der Waals surface area contributed by atoms with Gasteiger partial charge in [0.05, 0.1) is 18.4 Å². The zero-order valence-electron chi connectivity index (χ0n) is 13.0. The Bertz CT molecular complexity index is 637. The van der Waals surface area contributed by atoms with Crippen LogP contribution in [-0.4, -0.2) is 23.7 Å². The van der Waals surface area contributed by atoms with Crippen LogP contribution in [0.25, 0.3) is 0 Å². The molecule has 120 valence electrons. The Morgan fingerprint density at radius 2 is 1.39 bits per heavy atom. The molecule has 0 unspecified atom stereocenters. The van der Waals surface area contributed by atoms with Gasteiger partial charge >= 0.3 is 11.9 Å². The molecular weight excluding hydrogens is 292 g/mol. The Balaban J connectivity index is 2.31. The molecule has 0 fully saturated rings. The highest BCUT2D eigenvalue weighted by molar-refractivity contribution is 5.81. The smallest absolute Gasteiger partial charge is 0.313 e. The van der Waals surface area contributed by atoms with Gasteiger partial charge in [0.25, 0.3) is 0 Å². The van der Waals surface area contributed by atoms with Crippen molar-refractivity contribution in [1.29, 1.82) is 0 Å². The van der Waals surface area contributed by atoms with Gasteiger partial charge in [-0.15, -0.1) is 0 Å². The molecule has 0 spiro atoms. The van der Waals surface area contributed by atoms with Crippen molar-refractivity contribution in [2.24, 2.45) is 0 Å². The van der Waals surface area contributed by atoms with E-state index in [1.165, 1.54) is 0 Å². The molecule has 23 heavy (non-hydrogen) atoms. The van der Waals surface area contributed by atoms with E-state index in [1.807, 2.05) is 36.4 Å². The van der Waals surface area contributed by atoms with Gasteiger partial charge in [0, 0.05) is 0 Å². The second-order valence-electron chi connectivity index (χ2n) is 5.25. The number of hydrogen-bond donors (Lipinski definition) is 1.